The van der Waals surface area contributed by atoms with Gasteiger partial charge in [-0.05, 0) is 60.7 Å². The molecule has 0 unspecified atom stereocenters. The van der Waals surface area contributed by atoms with E-state index in [1.165, 1.54) is 0 Å². The number of ether oxygens (including phenoxy) is 3. The number of pyridine rings is 2. The van der Waals surface area contributed by atoms with E-state index in [-0.39, 0.29) is 35.5 Å². The highest BCUT2D eigenvalue weighted by Gasteiger charge is 2.42. The van der Waals surface area contributed by atoms with Crippen LogP contribution >= 0.6 is 11.8 Å². The molecule has 3 aliphatic rings. The normalized spacial score (nSPS) is 18.0. The van der Waals surface area contributed by atoms with Crippen LogP contribution in [0.3, 0.4) is 0 Å². The first kappa shape index (κ1) is 44.0. The third kappa shape index (κ3) is 11.0. The number of unbranched alkanes of at least 4 members (excludes halogenated alkanes) is 1. The third-order valence-electron chi connectivity index (χ3n) is 11.6. The predicted molar refractivity (Wildman–Crippen MR) is 245 cm³/mol. The number of hydrogen-bond donors (Lipinski definition) is 4. The van der Waals surface area contributed by atoms with Gasteiger partial charge in [0.15, 0.2) is 0 Å². The lowest BCUT2D eigenvalue weighted by atomic mass is 10.0. The molecule has 0 aliphatic carbocycles. The quantitative estimate of drug-likeness (QED) is 0.0343. The molecule has 332 valence electrons. The molecular weight excluding hydrogens is 823 g/mol. The molecule has 17 heteroatoms. The van der Waals surface area contributed by atoms with Crippen LogP contribution in [0.25, 0.3) is 38.6 Å². The van der Waals surface area contributed by atoms with E-state index in [1.54, 1.807) is 38.6 Å². The minimum Gasteiger partial charge on any atom is -0.378 e. The Morgan fingerprint density at radius 1 is 0.921 bits per heavy atom. The summed E-state index contributed by atoms with van der Waals surface area (Å²) in [5.41, 5.74) is 5.85. The highest BCUT2D eigenvalue weighted by Crippen LogP contribution is 2.35. The van der Waals surface area contributed by atoms with Crippen LogP contribution in [0, 0.1) is 0 Å². The van der Waals surface area contributed by atoms with Crippen molar-refractivity contribution in [3.63, 3.8) is 0 Å². The van der Waals surface area contributed by atoms with E-state index < -0.39 is 0 Å². The lowest BCUT2D eigenvalue weighted by Gasteiger charge is -2.18. The lowest BCUT2D eigenvalue weighted by Crippen LogP contribution is -2.36. The second-order valence-corrected chi connectivity index (χ2v) is 17.2. The second-order valence-electron chi connectivity index (χ2n) is 15.9. The maximum atomic E-state index is 13.6. The minimum absolute atomic E-state index is 0.0320. The standard InChI is InChI=1S/C46H55N9O7S/c1-53-29-34(28-50-53)32-9-12-37-36(25-32)45-33(27-49-37)10-13-43(58)55(45)35-11-8-31-14-18-54(39(31)26-35)42(57)7-4-15-47-16-19-60-21-23-62-24-22-61-20-17-48-41(56)6-3-2-5-40-44-38(30-63-40)51-46(59)52-44/h4,7-13,25-29,38,40,44,47H,2-3,5-6,14-24,30H2,1H3,(H,48,56)(H2,51,52,59)/b7-4+/t38-,40-,44-/m0/s1. The zero-order chi connectivity index (χ0) is 43.5. The van der Waals surface area contributed by atoms with Crippen LogP contribution in [0.15, 0.2) is 84.1 Å². The van der Waals surface area contributed by atoms with Gasteiger partial charge >= 0.3 is 6.03 Å². The number of rotatable bonds is 22. The van der Waals surface area contributed by atoms with Gasteiger partial charge in [0.1, 0.15) is 0 Å². The fraction of sp³-hybridized carbons (Fsp3) is 0.435. The molecule has 0 spiro atoms. The van der Waals surface area contributed by atoms with Gasteiger partial charge in [0.05, 0.1) is 74.6 Å². The summed E-state index contributed by atoms with van der Waals surface area (Å²) in [7, 11) is 1.88. The van der Waals surface area contributed by atoms with Gasteiger partial charge in [-0.1, -0.05) is 24.6 Å². The number of anilines is 1. The Morgan fingerprint density at radius 2 is 1.75 bits per heavy atom. The van der Waals surface area contributed by atoms with Gasteiger partial charge in [-0.15, -0.1) is 0 Å². The zero-order valence-corrected chi connectivity index (χ0v) is 36.4. The van der Waals surface area contributed by atoms with Crippen molar-refractivity contribution >= 4 is 57.1 Å². The van der Waals surface area contributed by atoms with Crippen molar-refractivity contribution in [3.8, 4) is 16.8 Å². The van der Waals surface area contributed by atoms with Crippen LogP contribution in [0.5, 0.6) is 0 Å². The number of nitrogens with one attached hydrogen (secondary N) is 4. The highest BCUT2D eigenvalue weighted by molar-refractivity contribution is 8.00. The number of hydrogen-bond acceptors (Lipinski definition) is 11. The van der Waals surface area contributed by atoms with Gasteiger partial charge in [-0.25, -0.2) is 4.79 Å². The van der Waals surface area contributed by atoms with E-state index in [0.717, 1.165) is 75.6 Å². The molecule has 0 radical (unpaired) electrons. The predicted octanol–water partition coefficient (Wildman–Crippen LogP) is 3.87. The van der Waals surface area contributed by atoms with Crippen LogP contribution in [-0.4, -0.2) is 126 Å². The number of fused-ring (bicyclic) bond motifs is 5. The number of aryl methyl sites for hydroxylation is 1. The zero-order valence-electron chi connectivity index (χ0n) is 35.6. The van der Waals surface area contributed by atoms with Gasteiger partial charge in [0.25, 0.3) is 11.5 Å². The van der Waals surface area contributed by atoms with E-state index in [4.69, 9.17) is 14.2 Å². The van der Waals surface area contributed by atoms with E-state index >= 15 is 0 Å². The summed E-state index contributed by atoms with van der Waals surface area (Å²) in [5.74, 6) is 0.867. The van der Waals surface area contributed by atoms with Gasteiger partial charge in [0, 0.05) is 97.2 Å². The van der Waals surface area contributed by atoms with Gasteiger partial charge in [-0.3, -0.25) is 28.6 Å². The van der Waals surface area contributed by atoms with Crippen molar-refractivity contribution in [3.05, 3.63) is 95.2 Å². The maximum absolute atomic E-state index is 13.6. The maximum Gasteiger partial charge on any atom is 0.315 e. The molecule has 4 N–H and O–H groups in total. The average Bonchev–Trinajstić information content (AvgIpc) is 4.09. The van der Waals surface area contributed by atoms with Crippen molar-refractivity contribution < 1.29 is 28.6 Å². The van der Waals surface area contributed by atoms with E-state index in [1.807, 2.05) is 67.6 Å². The summed E-state index contributed by atoms with van der Waals surface area (Å²) >= 11 is 1.90. The summed E-state index contributed by atoms with van der Waals surface area (Å²) in [6.45, 7) is 4.88. The summed E-state index contributed by atoms with van der Waals surface area (Å²) in [6.07, 6.45) is 13.0. The average molecular weight is 878 g/mol. The topological polar surface area (TPSA) is 183 Å². The molecule has 2 fully saturated rings. The van der Waals surface area contributed by atoms with Crippen LogP contribution in [0.4, 0.5) is 10.5 Å². The number of benzene rings is 2. The summed E-state index contributed by atoms with van der Waals surface area (Å²) < 4.78 is 20.3. The first-order valence-corrected chi connectivity index (χ1v) is 22.8. The van der Waals surface area contributed by atoms with Crippen LogP contribution in [0.2, 0.25) is 0 Å². The largest absolute Gasteiger partial charge is 0.378 e. The molecule has 2 saturated heterocycles. The number of carbonyl (C=O) groups excluding carboxylic acids is 3. The Balaban J connectivity index is 0.696. The number of urea groups is 1. The minimum atomic E-state index is -0.169. The van der Waals surface area contributed by atoms with E-state index in [9.17, 15) is 19.2 Å². The van der Waals surface area contributed by atoms with Crippen LogP contribution in [0.1, 0.15) is 31.2 Å². The summed E-state index contributed by atoms with van der Waals surface area (Å²) in [4.78, 5) is 57.1. The Hall–Kier alpha value is -5.59. The molecule has 5 aromatic rings. The number of amides is 4. The summed E-state index contributed by atoms with van der Waals surface area (Å²) in [5, 5.41) is 18.6. The fourth-order valence-corrected chi connectivity index (χ4v) is 9.94. The third-order valence-corrected chi connectivity index (χ3v) is 13.1. The van der Waals surface area contributed by atoms with Crippen LogP contribution in [-0.2, 0) is 37.3 Å². The molecule has 2 aromatic carbocycles. The number of aromatic nitrogens is 4. The molecule has 0 saturated carbocycles. The van der Waals surface area contributed by atoms with E-state index in [2.05, 4.69) is 37.4 Å². The van der Waals surface area contributed by atoms with Crippen molar-refractivity contribution in [2.75, 3.05) is 76.5 Å². The Kier molecular flexibility index (Phi) is 14.8. The Morgan fingerprint density at radius 3 is 2.57 bits per heavy atom. The molecule has 63 heavy (non-hydrogen) atoms. The molecule has 6 heterocycles. The fourth-order valence-electron chi connectivity index (χ4n) is 8.40. The SMILES string of the molecule is Cn1cc(-c2ccc3ncc4ccc(=O)n(-c5ccc6c(c5)N(C(=O)/C=C/CNCCOCCOCCOCCNC(=O)CCCC[C@@H]5SC[C@@H]7NC(=O)N[C@@H]75)CC6)c4c3c2)cn1. The molecule has 3 aliphatic heterocycles. The van der Waals surface area contributed by atoms with Crippen molar-refractivity contribution in [2.24, 2.45) is 7.05 Å². The Labute approximate surface area is 370 Å². The first-order chi connectivity index (χ1) is 30.8. The van der Waals surface area contributed by atoms with E-state index in [0.29, 0.717) is 83.2 Å². The van der Waals surface area contributed by atoms with Crippen LogP contribution < -0.4 is 31.7 Å². The molecule has 4 amide bonds. The number of nitrogens with zero attached hydrogens (tertiary/aromatic N) is 5. The van der Waals surface area contributed by atoms with Gasteiger partial charge in [-0.2, -0.15) is 16.9 Å². The van der Waals surface area contributed by atoms with Gasteiger partial charge in [0.2, 0.25) is 5.91 Å². The second kappa shape index (κ2) is 21.2. The molecule has 0 bridgehead atoms. The smallest absolute Gasteiger partial charge is 0.315 e. The molecule has 3 aromatic heterocycles. The monoisotopic (exact) mass is 877 g/mol. The first-order valence-electron chi connectivity index (χ1n) is 21.8. The highest BCUT2D eigenvalue weighted by atomic mass is 32.2. The van der Waals surface area contributed by atoms with Crippen molar-refractivity contribution in [1.82, 2.24) is 40.6 Å². The Bertz CT molecular complexity index is 2510. The lowest BCUT2D eigenvalue weighted by molar-refractivity contribution is -0.121. The summed E-state index contributed by atoms with van der Waals surface area (Å²) in [6, 6.07) is 15.7. The van der Waals surface area contributed by atoms with Gasteiger partial charge < -0.3 is 40.4 Å². The molecule has 16 nitrogen and oxygen atoms in total. The van der Waals surface area contributed by atoms with Crippen molar-refractivity contribution in [2.45, 2.75) is 49.4 Å². The molecule has 8 rings (SSSR count). The number of thioether (sulfide) groups is 1. The molecule has 3 atom stereocenters. The molecular formula is C46H55N9O7S. The number of carbonyl (C=O) groups is 3. The van der Waals surface area contributed by atoms with Crippen molar-refractivity contribution in [1.29, 1.82) is 0 Å².